The van der Waals surface area contributed by atoms with E-state index in [0.717, 1.165) is 17.7 Å². The second-order valence-electron chi connectivity index (χ2n) is 4.16. The fourth-order valence-corrected chi connectivity index (χ4v) is 1.79. The van der Waals surface area contributed by atoms with Crippen LogP contribution >= 0.6 is 0 Å². The van der Waals surface area contributed by atoms with Crippen molar-refractivity contribution < 1.29 is 24.4 Å². The van der Waals surface area contributed by atoms with E-state index >= 15 is 0 Å². The van der Waals surface area contributed by atoms with E-state index in [1.165, 1.54) is 19.2 Å². The van der Waals surface area contributed by atoms with Crippen LogP contribution in [0.2, 0.25) is 0 Å². The topological polar surface area (TPSA) is 29.5 Å². The molecular weight excluding hydrogens is 269 g/mol. The summed E-state index contributed by atoms with van der Waals surface area (Å²) in [5.41, 5.74) is 0.902. The minimum Gasteiger partial charge on any atom is -0.497 e. The first-order valence-corrected chi connectivity index (χ1v) is 5.80. The minimum atomic E-state index is -5.05. The molecule has 0 saturated carbocycles. The molecule has 0 saturated heterocycles. The SMILES string of the molecule is [2H]C(O)(c1ccc(-c2cccc(OC)c2)cc1)C(F)(F)F. The third-order valence-corrected chi connectivity index (χ3v) is 2.83. The molecule has 0 amide bonds. The predicted molar refractivity (Wildman–Crippen MR) is 69.4 cm³/mol. The molecule has 106 valence electrons. The Labute approximate surface area is 115 Å². The van der Waals surface area contributed by atoms with Gasteiger partial charge >= 0.3 is 6.18 Å². The number of aliphatic hydroxyl groups is 1. The van der Waals surface area contributed by atoms with E-state index in [9.17, 15) is 18.3 Å². The lowest BCUT2D eigenvalue weighted by atomic mass is 10.0. The first-order chi connectivity index (χ1) is 9.75. The van der Waals surface area contributed by atoms with Crippen LogP contribution in [0.25, 0.3) is 11.1 Å². The molecule has 0 aliphatic rings. The highest BCUT2D eigenvalue weighted by molar-refractivity contribution is 5.65. The lowest BCUT2D eigenvalue weighted by molar-refractivity contribution is -0.206. The van der Waals surface area contributed by atoms with Crippen molar-refractivity contribution in [1.29, 1.82) is 0 Å². The summed E-state index contributed by atoms with van der Waals surface area (Å²) in [6, 6.07) is 12.1. The average Bonchev–Trinajstić information content (AvgIpc) is 2.46. The molecule has 2 rings (SSSR count). The van der Waals surface area contributed by atoms with Gasteiger partial charge in [0.15, 0.2) is 6.08 Å². The maximum atomic E-state index is 12.6. The Morgan fingerprint density at radius 2 is 1.75 bits per heavy atom. The summed E-state index contributed by atoms with van der Waals surface area (Å²) in [5, 5.41) is 9.29. The zero-order chi connectivity index (χ0) is 15.7. The van der Waals surface area contributed by atoms with Crippen LogP contribution in [0, 0.1) is 0 Å². The Morgan fingerprint density at radius 3 is 2.30 bits per heavy atom. The lowest BCUT2D eigenvalue weighted by Gasteiger charge is -2.15. The summed E-state index contributed by atoms with van der Waals surface area (Å²) in [5.74, 6) is 0.629. The van der Waals surface area contributed by atoms with Gasteiger partial charge in [0.2, 0.25) is 0 Å². The second-order valence-corrected chi connectivity index (χ2v) is 4.16. The van der Waals surface area contributed by atoms with Crippen LogP contribution in [0.5, 0.6) is 5.75 Å². The van der Waals surface area contributed by atoms with E-state index in [-0.39, 0.29) is 0 Å². The zero-order valence-corrected chi connectivity index (χ0v) is 10.6. The maximum Gasteiger partial charge on any atom is 0.418 e. The van der Waals surface area contributed by atoms with Gasteiger partial charge in [-0.05, 0) is 28.8 Å². The Kier molecular flexibility index (Phi) is 3.60. The van der Waals surface area contributed by atoms with Gasteiger partial charge in [-0.25, -0.2) is 0 Å². The first kappa shape index (κ1) is 13.0. The Bertz CT molecular complexity index is 622. The zero-order valence-electron chi connectivity index (χ0n) is 11.6. The van der Waals surface area contributed by atoms with Crippen LogP contribution in [-0.4, -0.2) is 18.4 Å². The van der Waals surface area contributed by atoms with E-state index in [2.05, 4.69) is 0 Å². The number of rotatable bonds is 3. The molecule has 2 nitrogen and oxygen atoms in total. The van der Waals surface area contributed by atoms with Gasteiger partial charge in [0.05, 0.1) is 8.48 Å². The molecule has 2 aromatic carbocycles. The van der Waals surface area contributed by atoms with Gasteiger partial charge < -0.3 is 9.84 Å². The van der Waals surface area contributed by atoms with Gasteiger partial charge in [-0.3, -0.25) is 0 Å². The van der Waals surface area contributed by atoms with Gasteiger partial charge in [-0.15, -0.1) is 0 Å². The minimum absolute atomic E-state index is 0.526. The molecule has 0 aliphatic heterocycles. The maximum absolute atomic E-state index is 12.6. The van der Waals surface area contributed by atoms with Crippen molar-refractivity contribution in [2.24, 2.45) is 0 Å². The third-order valence-electron chi connectivity index (χ3n) is 2.83. The normalized spacial score (nSPS) is 15.3. The van der Waals surface area contributed by atoms with Crippen molar-refractivity contribution in [3.05, 3.63) is 54.1 Å². The summed E-state index contributed by atoms with van der Waals surface area (Å²) in [6.45, 7) is 0. The summed E-state index contributed by atoms with van der Waals surface area (Å²) in [6.07, 6.45) is -8.66. The Hall–Kier alpha value is -2.01. The summed E-state index contributed by atoms with van der Waals surface area (Å²) in [4.78, 5) is 0. The molecule has 0 aromatic heterocycles. The number of alkyl halides is 3. The van der Waals surface area contributed by atoms with Crippen LogP contribution in [-0.2, 0) is 0 Å². The molecular formula is C15H13F3O2. The van der Waals surface area contributed by atoms with Crippen molar-refractivity contribution in [2.45, 2.75) is 12.3 Å². The van der Waals surface area contributed by atoms with Gasteiger partial charge in [-0.2, -0.15) is 13.2 Å². The van der Waals surface area contributed by atoms with Crippen LogP contribution in [0.3, 0.4) is 0 Å². The second kappa shape index (κ2) is 5.54. The van der Waals surface area contributed by atoms with E-state index in [0.29, 0.717) is 11.3 Å². The molecule has 1 atom stereocenters. The third kappa shape index (κ3) is 3.11. The van der Waals surface area contributed by atoms with E-state index < -0.39 is 17.8 Å². The monoisotopic (exact) mass is 283 g/mol. The number of ether oxygens (including phenoxy) is 1. The van der Waals surface area contributed by atoms with Gasteiger partial charge in [0.25, 0.3) is 0 Å². The largest absolute Gasteiger partial charge is 0.497 e. The van der Waals surface area contributed by atoms with E-state index in [1.54, 1.807) is 24.3 Å². The molecule has 0 bridgehead atoms. The first-order valence-electron chi connectivity index (χ1n) is 6.30. The molecule has 1 N–H and O–H groups in total. The summed E-state index contributed by atoms with van der Waals surface area (Å²) < 4.78 is 49.9. The average molecular weight is 283 g/mol. The number of methoxy groups -OCH3 is 1. The van der Waals surface area contributed by atoms with Crippen molar-refractivity contribution in [3.8, 4) is 16.9 Å². The van der Waals surface area contributed by atoms with Crippen molar-refractivity contribution in [2.75, 3.05) is 7.11 Å². The molecule has 0 aliphatic carbocycles. The molecule has 2 aromatic rings. The van der Waals surface area contributed by atoms with Crippen LogP contribution in [0.1, 0.15) is 13.0 Å². The number of halogens is 3. The van der Waals surface area contributed by atoms with E-state index in [4.69, 9.17) is 6.11 Å². The van der Waals surface area contributed by atoms with Gasteiger partial charge in [0.1, 0.15) is 5.75 Å². The number of hydrogen-bond acceptors (Lipinski definition) is 2. The van der Waals surface area contributed by atoms with Gasteiger partial charge in [0, 0.05) is 0 Å². The standard InChI is InChI=1S/C15H13F3O2/c1-20-13-4-2-3-12(9-13)10-5-7-11(8-6-10)14(19)15(16,17)18/h2-9,14,19H,1H3/i14D. The summed E-state index contributed by atoms with van der Waals surface area (Å²) in [7, 11) is 1.52. The molecule has 1 unspecified atom stereocenters. The fraction of sp³-hybridized carbons (Fsp3) is 0.200. The van der Waals surface area contributed by atoms with Crippen molar-refractivity contribution in [1.82, 2.24) is 0 Å². The van der Waals surface area contributed by atoms with Crippen LogP contribution in [0.4, 0.5) is 13.2 Å². The molecule has 20 heavy (non-hydrogen) atoms. The smallest absolute Gasteiger partial charge is 0.418 e. The van der Waals surface area contributed by atoms with Crippen molar-refractivity contribution in [3.63, 3.8) is 0 Å². The molecule has 0 heterocycles. The highest BCUT2D eigenvalue weighted by atomic mass is 19.4. The van der Waals surface area contributed by atoms with Gasteiger partial charge in [-0.1, -0.05) is 36.4 Å². The fourth-order valence-electron chi connectivity index (χ4n) is 1.79. The number of benzene rings is 2. The van der Waals surface area contributed by atoms with E-state index in [1.807, 2.05) is 0 Å². The number of hydrogen-bond donors (Lipinski definition) is 1. The quantitative estimate of drug-likeness (QED) is 0.924. The van der Waals surface area contributed by atoms with Crippen LogP contribution < -0.4 is 4.74 Å². The Balaban J connectivity index is 2.35. The lowest BCUT2D eigenvalue weighted by Crippen LogP contribution is -2.19. The molecule has 5 heteroatoms. The molecule has 0 spiro atoms. The van der Waals surface area contributed by atoms with Crippen LogP contribution in [0.15, 0.2) is 48.5 Å². The highest BCUT2D eigenvalue weighted by Gasteiger charge is 2.39. The molecule has 0 fully saturated rings. The van der Waals surface area contributed by atoms with Crippen molar-refractivity contribution >= 4 is 0 Å². The summed E-state index contributed by atoms with van der Waals surface area (Å²) >= 11 is 0. The highest BCUT2D eigenvalue weighted by Crippen LogP contribution is 2.33. The molecule has 0 radical (unpaired) electrons. The predicted octanol–water partition coefficient (Wildman–Crippen LogP) is 3.96. The Morgan fingerprint density at radius 1 is 1.10 bits per heavy atom.